The van der Waals surface area contributed by atoms with Crippen LogP contribution in [0.4, 0.5) is 0 Å². The summed E-state index contributed by atoms with van der Waals surface area (Å²) >= 11 is 0. The van der Waals surface area contributed by atoms with Gasteiger partial charge in [-0.3, -0.25) is 4.79 Å². The predicted molar refractivity (Wildman–Crippen MR) is 95.7 cm³/mol. The monoisotopic (exact) mass is 336 g/mol. The zero-order valence-electron chi connectivity index (χ0n) is 14.3. The highest BCUT2D eigenvalue weighted by Crippen LogP contribution is 2.21. The van der Waals surface area contributed by atoms with Gasteiger partial charge in [-0.15, -0.1) is 0 Å². The third-order valence-electron chi connectivity index (χ3n) is 3.90. The smallest absolute Gasteiger partial charge is 0.273 e. The number of hydrogen-bond acceptors (Lipinski definition) is 4. The summed E-state index contributed by atoms with van der Waals surface area (Å²) in [7, 11) is 1.64. The molecule has 0 bridgehead atoms. The lowest BCUT2D eigenvalue weighted by atomic mass is 10.1. The number of amides is 1. The zero-order valence-corrected chi connectivity index (χ0v) is 14.3. The average molecular weight is 336 g/mol. The molecule has 25 heavy (non-hydrogen) atoms. The van der Waals surface area contributed by atoms with E-state index >= 15 is 0 Å². The van der Waals surface area contributed by atoms with E-state index in [2.05, 4.69) is 10.5 Å². The largest absolute Gasteiger partial charge is 0.497 e. The van der Waals surface area contributed by atoms with Gasteiger partial charge >= 0.3 is 0 Å². The molecular formula is C20H20N2O3. The number of ether oxygens (including phenoxy) is 1. The first-order valence-electron chi connectivity index (χ1n) is 8.10. The predicted octanol–water partition coefficient (Wildman–Crippen LogP) is 3.63. The number of nitrogens with zero attached hydrogens (tertiary/aromatic N) is 1. The molecule has 0 atom stereocenters. The number of nitrogens with one attached hydrogen (secondary N) is 1. The van der Waals surface area contributed by atoms with E-state index in [4.69, 9.17) is 9.26 Å². The van der Waals surface area contributed by atoms with Crippen molar-refractivity contribution in [1.29, 1.82) is 0 Å². The molecule has 2 aromatic carbocycles. The van der Waals surface area contributed by atoms with Crippen molar-refractivity contribution in [1.82, 2.24) is 10.5 Å². The number of benzene rings is 2. The minimum atomic E-state index is -0.240. The number of methoxy groups -OCH3 is 1. The molecule has 0 aliphatic heterocycles. The number of aromatic nitrogens is 1. The van der Waals surface area contributed by atoms with Gasteiger partial charge in [0, 0.05) is 18.2 Å². The van der Waals surface area contributed by atoms with Crippen molar-refractivity contribution in [3.05, 3.63) is 71.4 Å². The summed E-state index contributed by atoms with van der Waals surface area (Å²) in [6.07, 6.45) is 0.734. The molecule has 5 heteroatoms. The standard InChI is InChI=1S/C20H20N2O3/c1-14-4-3-5-16(12-14)19-13-18(22-25-19)20(23)21-11-10-15-6-8-17(24-2)9-7-15/h3-9,12-13H,10-11H2,1-2H3,(H,21,23). The van der Waals surface area contributed by atoms with E-state index in [0.717, 1.165) is 28.9 Å². The van der Waals surface area contributed by atoms with Crippen LogP contribution in [0.5, 0.6) is 5.75 Å². The molecule has 5 nitrogen and oxygen atoms in total. The number of rotatable bonds is 6. The summed E-state index contributed by atoms with van der Waals surface area (Å²) < 4.78 is 10.4. The molecule has 1 amide bonds. The van der Waals surface area contributed by atoms with Crippen molar-refractivity contribution in [2.75, 3.05) is 13.7 Å². The van der Waals surface area contributed by atoms with E-state index in [1.165, 1.54) is 0 Å². The number of aryl methyl sites for hydroxylation is 1. The van der Waals surface area contributed by atoms with E-state index in [1.54, 1.807) is 13.2 Å². The Kier molecular flexibility index (Phi) is 5.14. The van der Waals surface area contributed by atoms with Crippen LogP contribution in [0.15, 0.2) is 59.1 Å². The van der Waals surface area contributed by atoms with Gasteiger partial charge in [0.1, 0.15) is 5.75 Å². The summed E-state index contributed by atoms with van der Waals surface area (Å²) in [6, 6.07) is 17.3. The second-order valence-electron chi connectivity index (χ2n) is 5.80. The zero-order chi connectivity index (χ0) is 17.6. The fraction of sp³-hybridized carbons (Fsp3) is 0.200. The highest BCUT2D eigenvalue weighted by molar-refractivity contribution is 5.93. The lowest BCUT2D eigenvalue weighted by Gasteiger charge is -2.04. The molecule has 0 aliphatic rings. The van der Waals surface area contributed by atoms with Gasteiger partial charge in [0.25, 0.3) is 5.91 Å². The molecule has 0 aliphatic carbocycles. The van der Waals surface area contributed by atoms with Crippen LogP contribution in [0.25, 0.3) is 11.3 Å². The normalized spacial score (nSPS) is 10.5. The molecule has 1 aromatic heterocycles. The Bertz CT molecular complexity index is 853. The fourth-order valence-electron chi connectivity index (χ4n) is 2.52. The summed E-state index contributed by atoms with van der Waals surface area (Å²) in [5.74, 6) is 1.17. The number of hydrogen-bond donors (Lipinski definition) is 1. The quantitative estimate of drug-likeness (QED) is 0.746. The SMILES string of the molecule is COc1ccc(CCNC(=O)c2cc(-c3cccc(C)c3)on2)cc1. The van der Waals surface area contributed by atoms with Crippen LogP contribution in [0.3, 0.4) is 0 Å². The number of carbonyl (C=O) groups is 1. The number of carbonyl (C=O) groups excluding carboxylic acids is 1. The highest BCUT2D eigenvalue weighted by Gasteiger charge is 2.13. The molecule has 128 valence electrons. The third-order valence-corrected chi connectivity index (χ3v) is 3.90. The fourth-order valence-corrected chi connectivity index (χ4v) is 2.52. The van der Waals surface area contributed by atoms with Crippen molar-refractivity contribution in [2.24, 2.45) is 0 Å². The van der Waals surface area contributed by atoms with Gasteiger partial charge in [0.2, 0.25) is 0 Å². The van der Waals surface area contributed by atoms with Gasteiger partial charge in [-0.1, -0.05) is 41.1 Å². The average Bonchev–Trinajstić information content (AvgIpc) is 3.12. The molecule has 0 fully saturated rings. The molecule has 3 aromatic rings. The molecule has 0 saturated heterocycles. The van der Waals surface area contributed by atoms with Crippen LogP contribution in [-0.4, -0.2) is 24.7 Å². The second-order valence-corrected chi connectivity index (χ2v) is 5.80. The van der Waals surface area contributed by atoms with Crippen molar-refractivity contribution in [2.45, 2.75) is 13.3 Å². The molecular weight excluding hydrogens is 316 g/mol. The summed E-state index contributed by atoms with van der Waals surface area (Å²) in [5.41, 5.74) is 3.44. The molecule has 1 heterocycles. The molecule has 0 radical (unpaired) electrons. The van der Waals surface area contributed by atoms with E-state index in [-0.39, 0.29) is 11.6 Å². The van der Waals surface area contributed by atoms with E-state index in [9.17, 15) is 4.79 Å². The van der Waals surface area contributed by atoms with Gasteiger partial charge in [-0.2, -0.15) is 0 Å². The lowest BCUT2D eigenvalue weighted by Crippen LogP contribution is -2.25. The summed E-state index contributed by atoms with van der Waals surface area (Å²) in [4.78, 5) is 12.2. The Hall–Kier alpha value is -3.08. The molecule has 0 saturated carbocycles. The van der Waals surface area contributed by atoms with Crippen LogP contribution < -0.4 is 10.1 Å². The maximum absolute atomic E-state index is 12.2. The first-order valence-corrected chi connectivity index (χ1v) is 8.10. The van der Waals surface area contributed by atoms with E-state index in [0.29, 0.717) is 12.3 Å². The maximum Gasteiger partial charge on any atom is 0.273 e. The minimum absolute atomic E-state index is 0.240. The van der Waals surface area contributed by atoms with Gasteiger partial charge in [-0.05, 0) is 37.1 Å². The lowest BCUT2D eigenvalue weighted by molar-refractivity contribution is 0.0945. The molecule has 1 N–H and O–H groups in total. The van der Waals surface area contributed by atoms with Crippen LogP contribution in [0, 0.1) is 6.92 Å². The summed E-state index contributed by atoms with van der Waals surface area (Å²) in [5, 5.41) is 6.73. The van der Waals surface area contributed by atoms with Crippen molar-refractivity contribution in [3.8, 4) is 17.1 Å². The highest BCUT2D eigenvalue weighted by atomic mass is 16.5. The van der Waals surface area contributed by atoms with Crippen LogP contribution in [-0.2, 0) is 6.42 Å². The molecule has 3 rings (SSSR count). The minimum Gasteiger partial charge on any atom is -0.497 e. The molecule has 0 unspecified atom stereocenters. The van der Waals surface area contributed by atoms with Crippen LogP contribution in [0.2, 0.25) is 0 Å². The third kappa shape index (κ3) is 4.26. The molecule has 0 spiro atoms. The van der Waals surface area contributed by atoms with Gasteiger partial charge in [0.15, 0.2) is 11.5 Å². The second kappa shape index (κ2) is 7.66. The Balaban J connectivity index is 1.56. The Morgan fingerprint density at radius 2 is 1.96 bits per heavy atom. The Morgan fingerprint density at radius 3 is 2.68 bits per heavy atom. The van der Waals surface area contributed by atoms with Gasteiger partial charge in [0.05, 0.1) is 7.11 Å². The first-order chi connectivity index (χ1) is 12.2. The van der Waals surface area contributed by atoms with E-state index < -0.39 is 0 Å². The van der Waals surface area contributed by atoms with E-state index in [1.807, 2.05) is 55.5 Å². The topological polar surface area (TPSA) is 64.4 Å². The van der Waals surface area contributed by atoms with Crippen molar-refractivity contribution >= 4 is 5.91 Å². The van der Waals surface area contributed by atoms with Crippen LogP contribution >= 0.6 is 0 Å². The van der Waals surface area contributed by atoms with Crippen LogP contribution in [0.1, 0.15) is 21.6 Å². The van der Waals surface area contributed by atoms with Crippen molar-refractivity contribution in [3.63, 3.8) is 0 Å². The first kappa shape index (κ1) is 16.8. The van der Waals surface area contributed by atoms with Crippen molar-refractivity contribution < 1.29 is 14.1 Å². The van der Waals surface area contributed by atoms with Gasteiger partial charge in [-0.25, -0.2) is 0 Å². The Labute approximate surface area is 146 Å². The summed E-state index contributed by atoms with van der Waals surface area (Å²) in [6.45, 7) is 2.53. The Morgan fingerprint density at radius 1 is 1.16 bits per heavy atom. The maximum atomic E-state index is 12.2. The van der Waals surface area contributed by atoms with Gasteiger partial charge < -0.3 is 14.6 Å².